The zero-order valence-corrected chi connectivity index (χ0v) is 23.8. The molecule has 2 atom stereocenters. The Morgan fingerprint density at radius 2 is 1.65 bits per heavy atom. The number of ether oxygens (including phenoxy) is 2. The summed E-state index contributed by atoms with van der Waals surface area (Å²) in [4.78, 5) is 61.1. The van der Waals surface area contributed by atoms with Crippen LogP contribution in [-0.4, -0.2) is 68.6 Å². The van der Waals surface area contributed by atoms with Gasteiger partial charge in [-0.1, -0.05) is 26.7 Å². The maximum Gasteiger partial charge on any atom is 0.341 e. The standard InChI is InChI=1S/C27H44N6O7/c1-17(2)23(31-18(3)34)25(36)33-21(10-9-14-30-27(29)38)24(35)32-19-11-12-20(26(37)39-4)22(16-19)40-15-8-6-5-7-13-28/h11-12,16-17,21,23H,5-10,13-15,28H2,1-4H3,(H,31,34)(H,32,35)(H,33,36)(H3,29,30,38)/t21-,23-/m0/s1. The van der Waals surface area contributed by atoms with E-state index < -0.39 is 35.9 Å². The number of urea groups is 1. The van der Waals surface area contributed by atoms with Crippen molar-refractivity contribution >= 4 is 35.4 Å². The summed E-state index contributed by atoms with van der Waals surface area (Å²) in [6.07, 6.45) is 4.09. The molecule has 5 amide bonds. The molecule has 0 saturated heterocycles. The third-order valence-electron chi connectivity index (χ3n) is 5.92. The number of nitrogens with two attached hydrogens (primary N) is 2. The van der Waals surface area contributed by atoms with E-state index >= 15 is 0 Å². The molecule has 0 spiro atoms. The fraction of sp³-hybridized carbons (Fsp3) is 0.593. The molecule has 0 unspecified atom stereocenters. The monoisotopic (exact) mass is 564 g/mol. The van der Waals surface area contributed by atoms with Gasteiger partial charge >= 0.3 is 12.0 Å². The third-order valence-corrected chi connectivity index (χ3v) is 5.92. The number of unbranched alkanes of at least 4 members (excludes halogenated alkanes) is 3. The second-order valence-electron chi connectivity index (χ2n) is 9.66. The molecule has 1 aromatic rings. The van der Waals surface area contributed by atoms with Crippen LogP contribution in [0.4, 0.5) is 10.5 Å². The predicted octanol–water partition coefficient (Wildman–Crippen LogP) is 1.40. The number of rotatable bonds is 18. The van der Waals surface area contributed by atoms with Crippen molar-refractivity contribution in [3.05, 3.63) is 23.8 Å². The number of carbonyl (C=O) groups is 5. The van der Waals surface area contributed by atoms with E-state index in [0.29, 0.717) is 25.3 Å². The average molecular weight is 565 g/mol. The van der Waals surface area contributed by atoms with Gasteiger partial charge in [-0.05, 0) is 50.3 Å². The minimum Gasteiger partial charge on any atom is -0.493 e. The van der Waals surface area contributed by atoms with Crippen molar-refractivity contribution in [2.75, 3.05) is 32.1 Å². The molecule has 224 valence electrons. The first-order valence-corrected chi connectivity index (χ1v) is 13.5. The van der Waals surface area contributed by atoms with Crippen LogP contribution in [0, 0.1) is 5.92 Å². The van der Waals surface area contributed by atoms with Crippen LogP contribution in [0.3, 0.4) is 0 Å². The fourth-order valence-corrected chi connectivity index (χ4v) is 3.81. The second-order valence-corrected chi connectivity index (χ2v) is 9.66. The van der Waals surface area contributed by atoms with Crippen LogP contribution in [0.5, 0.6) is 5.75 Å². The Labute approximate surface area is 235 Å². The van der Waals surface area contributed by atoms with E-state index in [4.69, 9.17) is 20.9 Å². The molecule has 0 aliphatic rings. The van der Waals surface area contributed by atoms with Crippen LogP contribution in [0.1, 0.15) is 69.7 Å². The first kappa shape index (κ1) is 34.2. The number of esters is 1. The van der Waals surface area contributed by atoms with Gasteiger partial charge in [0.15, 0.2) is 0 Å². The van der Waals surface area contributed by atoms with E-state index in [0.717, 1.165) is 25.7 Å². The molecule has 1 aromatic carbocycles. The summed E-state index contributed by atoms with van der Waals surface area (Å²) in [6.45, 7) is 6.04. The Balaban J connectivity index is 3.07. The van der Waals surface area contributed by atoms with Crippen molar-refractivity contribution in [1.29, 1.82) is 0 Å². The van der Waals surface area contributed by atoms with Gasteiger partial charge in [-0.3, -0.25) is 14.4 Å². The minimum atomic E-state index is -0.996. The summed E-state index contributed by atoms with van der Waals surface area (Å²) in [5, 5.41) is 10.5. The van der Waals surface area contributed by atoms with E-state index in [1.54, 1.807) is 13.8 Å². The van der Waals surface area contributed by atoms with E-state index in [-0.39, 0.29) is 36.1 Å². The minimum absolute atomic E-state index is 0.176. The van der Waals surface area contributed by atoms with Crippen molar-refractivity contribution in [3.8, 4) is 5.75 Å². The first-order chi connectivity index (χ1) is 19.0. The maximum absolute atomic E-state index is 13.3. The van der Waals surface area contributed by atoms with Crippen LogP contribution in [0.25, 0.3) is 0 Å². The third kappa shape index (κ3) is 12.8. The molecular weight excluding hydrogens is 520 g/mol. The highest BCUT2D eigenvalue weighted by atomic mass is 16.5. The van der Waals surface area contributed by atoms with Gasteiger partial charge in [0, 0.05) is 25.2 Å². The molecule has 13 heteroatoms. The summed E-state index contributed by atoms with van der Waals surface area (Å²) in [6, 6.07) is 1.99. The largest absolute Gasteiger partial charge is 0.493 e. The highest BCUT2D eigenvalue weighted by molar-refractivity contribution is 5.99. The lowest BCUT2D eigenvalue weighted by Gasteiger charge is -2.25. The van der Waals surface area contributed by atoms with Gasteiger partial charge in [-0.25, -0.2) is 9.59 Å². The van der Waals surface area contributed by atoms with Gasteiger partial charge in [0.25, 0.3) is 0 Å². The molecular formula is C27H44N6O7. The zero-order valence-electron chi connectivity index (χ0n) is 23.8. The molecule has 0 bridgehead atoms. The first-order valence-electron chi connectivity index (χ1n) is 13.5. The molecule has 8 N–H and O–H groups in total. The Morgan fingerprint density at radius 1 is 0.950 bits per heavy atom. The number of amides is 5. The van der Waals surface area contributed by atoms with Gasteiger partial charge in [0.05, 0.1) is 13.7 Å². The van der Waals surface area contributed by atoms with Gasteiger partial charge in [0.2, 0.25) is 17.7 Å². The molecule has 13 nitrogen and oxygen atoms in total. The predicted molar refractivity (Wildman–Crippen MR) is 151 cm³/mol. The Hall–Kier alpha value is -3.87. The van der Waals surface area contributed by atoms with E-state index in [9.17, 15) is 24.0 Å². The van der Waals surface area contributed by atoms with Gasteiger partial charge < -0.3 is 42.2 Å². The summed E-state index contributed by atoms with van der Waals surface area (Å²) in [5.74, 6) is -1.99. The van der Waals surface area contributed by atoms with Gasteiger partial charge in [0.1, 0.15) is 23.4 Å². The van der Waals surface area contributed by atoms with Crippen molar-refractivity contribution in [1.82, 2.24) is 16.0 Å². The van der Waals surface area contributed by atoms with Crippen molar-refractivity contribution < 1.29 is 33.4 Å². The van der Waals surface area contributed by atoms with Crippen LogP contribution in [0.15, 0.2) is 18.2 Å². The number of methoxy groups -OCH3 is 1. The second kappa shape index (κ2) is 18.4. The molecule has 0 heterocycles. The number of hydrogen-bond acceptors (Lipinski definition) is 8. The SMILES string of the molecule is COC(=O)c1ccc(NC(=O)[C@H](CCCNC(N)=O)NC(=O)[C@@H](NC(C)=O)C(C)C)cc1OCCCCCCN. The van der Waals surface area contributed by atoms with Gasteiger partial charge in [-0.2, -0.15) is 0 Å². The Kier molecular flexibility index (Phi) is 15.7. The molecule has 0 fully saturated rings. The maximum atomic E-state index is 13.3. The fourth-order valence-electron chi connectivity index (χ4n) is 3.81. The van der Waals surface area contributed by atoms with E-state index in [1.807, 2.05) is 0 Å². The quantitative estimate of drug-likeness (QED) is 0.113. The van der Waals surface area contributed by atoms with Crippen LogP contribution in [-0.2, 0) is 19.1 Å². The number of nitrogens with one attached hydrogen (secondary N) is 4. The number of hydrogen-bond donors (Lipinski definition) is 6. The number of benzene rings is 1. The number of primary amides is 1. The van der Waals surface area contributed by atoms with Crippen LogP contribution < -0.4 is 37.5 Å². The number of anilines is 1. The molecule has 0 saturated carbocycles. The zero-order chi connectivity index (χ0) is 30.1. The van der Waals surface area contributed by atoms with Gasteiger partial charge in [-0.15, -0.1) is 0 Å². The Bertz CT molecular complexity index is 1000. The summed E-state index contributed by atoms with van der Waals surface area (Å²) < 4.78 is 10.7. The lowest BCUT2D eigenvalue weighted by Crippen LogP contribution is -2.54. The lowest BCUT2D eigenvalue weighted by molar-refractivity contribution is -0.131. The summed E-state index contributed by atoms with van der Waals surface area (Å²) in [7, 11) is 1.26. The van der Waals surface area contributed by atoms with Crippen LogP contribution >= 0.6 is 0 Å². The highest BCUT2D eigenvalue weighted by Crippen LogP contribution is 2.25. The summed E-state index contributed by atoms with van der Waals surface area (Å²) in [5.41, 5.74) is 11.2. The molecule has 0 aromatic heterocycles. The van der Waals surface area contributed by atoms with E-state index in [1.165, 1.54) is 32.2 Å². The average Bonchev–Trinajstić information content (AvgIpc) is 2.90. The Morgan fingerprint density at radius 3 is 2.25 bits per heavy atom. The van der Waals surface area contributed by atoms with Crippen molar-refractivity contribution in [2.45, 2.75) is 71.4 Å². The van der Waals surface area contributed by atoms with E-state index in [2.05, 4.69) is 21.3 Å². The lowest BCUT2D eigenvalue weighted by atomic mass is 10.0. The molecule has 1 rings (SSSR count). The van der Waals surface area contributed by atoms with Crippen molar-refractivity contribution in [3.63, 3.8) is 0 Å². The molecule has 40 heavy (non-hydrogen) atoms. The molecule has 0 aliphatic heterocycles. The molecule has 0 aliphatic carbocycles. The summed E-state index contributed by atoms with van der Waals surface area (Å²) >= 11 is 0. The smallest absolute Gasteiger partial charge is 0.341 e. The van der Waals surface area contributed by atoms with Crippen molar-refractivity contribution in [2.24, 2.45) is 17.4 Å². The normalized spacial score (nSPS) is 12.2. The molecule has 0 radical (unpaired) electrons. The topological polar surface area (TPSA) is 204 Å². The number of carbonyl (C=O) groups excluding carboxylic acids is 5. The highest BCUT2D eigenvalue weighted by Gasteiger charge is 2.28. The van der Waals surface area contributed by atoms with Crippen LogP contribution in [0.2, 0.25) is 0 Å².